The van der Waals surface area contributed by atoms with Gasteiger partial charge in [0.25, 0.3) is 5.56 Å². The molecule has 2 fully saturated rings. The van der Waals surface area contributed by atoms with Crippen LogP contribution >= 0.6 is 11.6 Å². The van der Waals surface area contributed by atoms with Crippen LogP contribution in [0.4, 0.5) is 4.39 Å². The number of aromatic nitrogens is 5. The lowest BCUT2D eigenvalue weighted by Gasteiger charge is -2.30. The van der Waals surface area contributed by atoms with Gasteiger partial charge in [0.1, 0.15) is 11.6 Å². The molecule has 1 saturated carbocycles. The van der Waals surface area contributed by atoms with Crippen LogP contribution in [0.25, 0.3) is 11.2 Å². The molecule has 0 atom stereocenters. The average Bonchev–Trinajstić information content (AvgIpc) is 3.42. The van der Waals surface area contributed by atoms with E-state index in [0.29, 0.717) is 18.7 Å². The third-order valence-corrected chi connectivity index (χ3v) is 12.1. The summed E-state index contributed by atoms with van der Waals surface area (Å²) in [5.41, 5.74) is -0.139. The first-order chi connectivity index (χ1) is 21.0. The Morgan fingerprint density at radius 2 is 1.64 bits per heavy atom. The summed E-state index contributed by atoms with van der Waals surface area (Å²) in [7, 11) is -7.64. The molecule has 0 amide bonds. The number of hydrogen-bond acceptors (Lipinski definition) is 8. The van der Waals surface area contributed by atoms with Gasteiger partial charge in [0.15, 0.2) is 11.2 Å². The number of nitrogens with zero attached hydrogens (tertiary/aromatic N) is 5. The van der Waals surface area contributed by atoms with Crippen LogP contribution in [-0.2, 0) is 26.6 Å². The van der Waals surface area contributed by atoms with Gasteiger partial charge in [-0.1, -0.05) is 42.1 Å². The molecule has 0 unspecified atom stereocenters. The molecule has 6 rings (SSSR count). The highest BCUT2D eigenvalue weighted by Gasteiger charge is 2.32. The molecule has 3 heterocycles. The zero-order chi connectivity index (χ0) is 31.1. The van der Waals surface area contributed by atoms with Crippen molar-refractivity contribution >= 4 is 42.8 Å². The second-order valence-electron chi connectivity index (χ2n) is 11.2. The Kier molecular flexibility index (Phi) is 8.58. The lowest BCUT2D eigenvalue weighted by atomic mass is 9.96. The molecule has 2 aliphatic rings. The van der Waals surface area contributed by atoms with Gasteiger partial charge in [0, 0.05) is 35.6 Å². The highest BCUT2D eigenvalue weighted by Crippen LogP contribution is 2.30. The van der Waals surface area contributed by atoms with Crippen LogP contribution in [0.1, 0.15) is 62.3 Å². The molecule has 2 aromatic heterocycles. The van der Waals surface area contributed by atoms with Crippen LogP contribution in [0.3, 0.4) is 0 Å². The molecule has 2 aromatic carbocycles. The van der Waals surface area contributed by atoms with Crippen LogP contribution in [0.15, 0.2) is 57.1 Å². The van der Waals surface area contributed by atoms with E-state index < -0.39 is 31.4 Å². The van der Waals surface area contributed by atoms with Gasteiger partial charge in [-0.2, -0.15) is 4.31 Å². The number of H-pyrrole nitrogens is 1. The molecule has 0 bridgehead atoms. The quantitative estimate of drug-likeness (QED) is 0.290. The maximum Gasteiger partial charge on any atom is 0.281 e. The van der Waals surface area contributed by atoms with Crippen molar-refractivity contribution in [1.29, 1.82) is 0 Å². The van der Waals surface area contributed by atoms with Crippen LogP contribution in [0.5, 0.6) is 0 Å². The zero-order valence-electron chi connectivity index (χ0n) is 23.6. The summed E-state index contributed by atoms with van der Waals surface area (Å²) in [6, 6.07) is 9.49. The Hall–Kier alpha value is -3.24. The van der Waals surface area contributed by atoms with Gasteiger partial charge < -0.3 is 4.98 Å². The van der Waals surface area contributed by atoms with E-state index >= 15 is 0 Å². The first-order valence-corrected chi connectivity index (χ1v) is 17.7. The molecular formula is C28H31ClFN7O5S2. The molecule has 4 aromatic rings. The molecule has 234 valence electrons. The highest BCUT2D eigenvalue weighted by atomic mass is 35.5. The van der Waals surface area contributed by atoms with E-state index in [1.54, 1.807) is 6.07 Å². The molecule has 0 spiro atoms. The van der Waals surface area contributed by atoms with E-state index in [-0.39, 0.29) is 63.1 Å². The largest absolute Gasteiger partial charge is 0.308 e. The number of piperidine rings is 1. The Morgan fingerprint density at radius 1 is 0.955 bits per heavy atom. The van der Waals surface area contributed by atoms with Crippen LogP contribution in [-0.4, -0.2) is 65.2 Å². The van der Waals surface area contributed by atoms with Crippen molar-refractivity contribution < 1.29 is 21.2 Å². The minimum absolute atomic E-state index is 0.000581. The topological polar surface area (TPSA) is 160 Å². The normalized spacial score (nSPS) is 17.8. The standard InChI is InChI=1S/C28H31ClFN7O5S2/c29-23-7-4-8-24(30)22(23)17-37-27-25(33-35-37)28(38)32-26(31-27)18-13-15-36(16-14-18)44(41,42)21-11-9-20(10-12-21)43(39,40)34-19-5-2-1-3-6-19/h4,7-12,18-19,34H,1-3,5-6,13-17H2,(H,31,32,38). The average molecular weight is 664 g/mol. The minimum Gasteiger partial charge on any atom is -0.308 e. The van der Waals surface area contributed by atoms with Crippen molar-refractivity contribution in [3.8, 4) is 0 Å². The molecule has 44 heavy (non-hydrogen) atoms. The second-order valence-corrected chi connectivity index (χ2v) is 15.2. The fraction of sp³-hybridized carbons (Fsp3) is 0.429. The van der Waals surface area contributed by atoms with Crippen molar-refractivity contribution in [3.05, 3.63) is 75.0 Å². The Labute approximate surface area is 258 Å². The molecule has 2 N–H and O–H groups in total. The van der Waals surface area contributed by atoms with E-state index in [1.807, 2.05) is 0 Å². The first-order valence-electron chi connectivity index (χ1n) is 14.4. The second kappa shape index (κ2) is 12.3. The summed E-state index contributed by atoms with van der Waals surface area (Å²) in [6.45, 7) is 0.256. The van der Waals surface area contributed by atoms with Crippen LogP contribution in [0, 0.1) is 5.82 Å². The van der Waals surface area contributed by atoms with Crippen LogP contribution < -0.4 is 10.3 Å². The summed E-state index contributed by atoms with van der Waals surface area (Å²) in [4.78, 5) is 20.1. The van der Waals surface area contributed by atoms with E-state index in [2.05, 4.69) is 25.0 Å². The molecule has 12 nitrogen and oxygen atoms in total. The molecule has 1 aliphatic heterocycles. The molecular weight excluding hydrogens is 633 g/mol. The molecule has 16 heteroatoms. The Bertz CT molecular complexity index is 1930. The number of halogens is 2. The van der Waals surface area contributed by atoms with Gasteiger partial charge >= 0.3 is 0 Å². The fourth-order valence-electron chi connectivity index (χ4n) is 5.83. The van der Waals surface area contributed by atoms with Crippen molar-refractivity contribution in [2.24, 2.45) is 0 Å². The van der Waals surface area contributed by atoms with Crippen molar-refractivity contribution in [2.45, 2.75) is 73.2 Å². The van der Waals surface area contributed by atoms with Crippen molar-refractivity contribution in [1.82, 2.24) is 34.0 Å². The Morgan fingerprint density at radius 3 is 2.32 bits per heavy atom. The SMILES string of the molecule is O=c1[nH]c(C2CCN(S(=O)(=O)c3ccc(S(=O)(=O)NC4CCCCC4)cc3)CC2)nc2c1nnn2Cc1c(F)cccc1Cl. The smallest absolute Gasteiger partial charge is 0.281 e. The van der Waals surface area contributed by atoms with Gasteiger partial charge in [0.2, 0.25) is 20.0 Å². The third-order valence-electron chi connectivity index (χ3n) is 8.30. The molecule has 1 saturated heterocycles. The summed E-state index contributed by atoms with van der Waals surface area (Å²) < 4.78 is 72.2. The third kappa shape index (κ3) is 6.15. The summed E-state index contributed by atoms with van der Waals surface area (Å²) >= 11 is 6.17. The maximum absolute atomic E-state index is 14.4. The summed E-state index contributed by atoms with van der Waals surface area (Å²) in [6.07, 6.45) is 5.41. The van der Waals surface area contributed by atoms with Gasteiger partial charge in [-0.15, -0.1) is 5.10 Å². The predicted molar refractivity (Wildman–Crippen MR) is 161 cm³/mol. The van der Waals surface area contributed by atoms with Gasteiger partial charge in [0.05, 0.1) is 16.3 Å². The number of rotatable bonds is 8. The molecule has 1 aliphatic carbocycles. The fourth-order valence-corrected chi connectivity index (χ4v) is 8.83. The number of aromatic amines is 1. The van der Waals surface area contributed by atoms with Crippen LogP contribution in [0.2, 0.25) is 5.02 Å². The van der Waals surface area contributed by atoms with E-state index in [9.17, 15) is 26.0 Å². The van der Waals surface area contributed by atoms with E-state index in [1.165, 1.54) is 45.4 Å². The van der Waals surface area contributed by atoms with E-state index in [4.69, 9.17) is 11.6 Å². The monoisotopic (exact) mass is 663 g/mol. The maximum atomic E-state index is 14.4. The number of hydrogen-bond donors (Lipinski definition) is 2. The summed E-state index contributed by atoms with van der Waals surface area (Å²) in [5, 5.41) is 8.09. The molecule has 0 radical (unpaired) electrons. The summed E-state index contributed by atoms with van der Waals surface area (Å²) in [5.74, 6) is -0.410. The van der Waals surface area contributed by atoms with Crippen molar-refractivity contribution in [3.63, 3.8) is 0 Å². The van der Waals surface area contributed by atoms with Crippen molar-refractivity contribution in [2.75, 3.05) is 13.1 Å². The van der Waals surface area contributed by atoms with Gasteiger partial charge in [-0.05, 0) is 62.1 Å². The number of fused-ring (bicyclic) bond motifs is 1. The lowest BCUT2D eigenvalue weighted by molar-refractivity contribution is 0.313. The zero-order valence-corrected chi connectivity index (χ0v) is 26.0. The van der Waals surface area contributed by atoms with E-state index in [0.717, 1.165) is 32.1 Å². The highest BCUT2D eigenvalue weighted by molar-refractivity contribution is 7.89. The Balaban J connectivity index is 1.15. The lowest BCUT2D eigenvalue weighted by Crippen LogP contribution is -2.38. The van der Waals surface area contributed by atoms with Gasteiger partial charge in [-0.3, -0.25) is 4.79 Å². The number of benzene rings is 2. The van der Waals surface area contributed by atoms with Gasteiger partial charge in [-0.25, -0.2) is 35.6 Å². The predicted octanol–water partition coefficient (Wildman–Crippen LogP) is 3.53. The minimum atomic E-state index is -3.89. The first kappa shape index (κ1) is 30.8. The number of nitrogens with one attached hydrogen (secondary N) is 2. The number of sulfonamides is 2.